The number of aromatic carboxylic acids is 1. The average Bonchev–Trinajstić information content (AvgIpc) is 2.89. The summed E-state index contributed by atoms with van der Waals surface area (Å²) in [4.78, 5) is 11.8. The van der Waals surface area contributed by atoms with E-state index in [1.54, 1.807) is 6.07 Å². The summed E-state index contributed by atoms with van der Waals surface area (Å²) in [6.07, 6.45) is 27.3. The van der Waals surface area contributed by atoms with Crippen molar-refractivity contribution in [1.82, 2.24) is 0 Å². The molecule has 0 aliphatic heterocycles. The molecular formula is C33H52NO2+. The first kappa shape index (κ1) is 30.1. The van der Waals surface area contributed by atoms with Crippen LogP contribution in [0.3, 0.4) is 0 Å². The minimum absolute atomic E-state index is 0.451. The number of aromatic nitrogens is 1. The zero-order valence-corrected chi connectivity index (χ0v) is 23.3. The molecule has 1 N–H and O–H groups in total. The Hall–Kier alpha value is -2.16. The lowest BCUT2D eigenvalue weighted by atomic mass is 9.98. The van der Waals surface area contributed by atoms with Crippen molar-refractivity contribution in [1.29, 1.82) is 0 Å². The Morgan fingerprint density at radius 3 is 1.56 bits per heavy atom. The van der Waals surface area contributed by atoms with Gasteiger partial charge >= 0.3 is 5.97 Å². The molecule has 1 heterocycles. The second-order valence-electron chi connectivity index (χ2n) is 10.6. The maximum atomic E-state index is 11.8. The molecule has 0 saturated carbocycles. The van der Waals surface area contributed by atoms with E-state index in [0.29, 0.717) is 5.56 Å². The fraction of sp³-hybridized carbons (Fsp3) is 0.636. The van der Waals surface area contributed by atoms with Crippen molar-refractivity contribution in [3.63, 3.8) is 0 Å². The van der Waals surface area contributed by atoms with Gasteiger partial charge in [-0.2, -0.15) is 4.57 Å². The van der Waals surface area contributed by atoms with E-state index in [1.165, 1.54) is 109 Å². The Labute approximate surface area is 221 Å². The summed E-state index contributed by atoms with van der Waals surface area (Å²) >= 11 is 0. The van der Waals surface area contributed by atoms with Gasteiger partial charge in [0.25, 0.3) is 0 Å². The monoisotopic (exact) mass is 494 g/mol. The number of rotatable bonds is 21. The lowest BCUT2D eigenvalue weighted by Gasteiger charge is -2.09. The van der Waals surface area contributed by atoms with Gasteiger partial charge in [-0.05, 0) is 12.8 Å². The van der Waals surface area contributed by atoms with Crippen LogP contribution in [0, 0.1) is 6.92 Å². The van der Waals surface area contributed by atoms with Crippen LogP contribution < -0.4 is 4.57 Å². The van der Waals surface area contributed by atoms with E-state index in [0.717, 1.165) is 29.8 Å². The minimum Gasteiger partial charge on any atom is -0.478 e. The van der Waals surface area contributed by atoms with Gasteiger partial charge in [0.2, 0.25) is 5.69 Å². The Balaban J connectivity index is 1.54. The van der Waals surface area contributed by atoms with Gasteiger partial charge in [-0.15, -0.1) is 0 Å². The summed E-state index contributed by atoms with van der Waals surface area (Å²) in [7, 11) is 0. The van der Waals surface area contributed by atoms with Gasteiger partial charge in [0.15, 0.2) is 11.9 Å². The van der Waals surface area contributed by atoms with Crippen LogP contribution in [0.2, 0.25) is 0 Å². The number of nitrogens with zero attached hydrogens (tertiary/aromatic N) is 1. The number of carbonyl (C=O) groups is 1. The highest BCUT2D eigenvalue weighted by molar-refractivity contribution is 5.89. The molecule has 0 aliphatic rings. The summed E-state index contributed by atoms with van der Waals surface area (Å²) in [6, 6.07) is 11.9. The second-order valence-corrected chi connectivity index (χ2v) is 10.6. The summed E-state index contributed by atoms with van der Waals surface area (Å²) in [5.41, 5.74) is 3.54. The zero-order chi connectivity index (χ0) is 25.8. The fourth-order valence-corrected chi connectivity index (χ4v) is 5.29. The second kappa shape index (κ2) is 19.0. The molecule has 36 heavy (non-hydrogen) atoms. The topological polar surface area (TPSA) is 41.2 Å². The highest BCUT2D eigenvalue weighted by Crippen LogP contribution is 2.18. The van der Waals surface area contributed by atoms with Gasteiger partial charge in [-0.25, -0.2) is 4.79 Å². The quantitative estimate of drug-likeness (QED) is 0.139. The molecule has 200 valence electrons. The number of unbranched alkanes of at least 4 members (excludes halogenated alkanes) is 17. The molecule has 1 aromatic heterocycles. The molecule has 3 nitrogen and oxygen atoms in total. The van der Waals surface area contributed by atoms with Gasteiger partial charge in [0.1, 0.15) is 0 Å². The Morgan fingerprint density at radius 2 is 1.11 bits per heavy atom. The average molecular weight is 495 g/mol. The third-order valence-corrected chi connectivity index (χ3v) is 7.56. The van der Waals surface area contributed by atoms with Crippen molar-refractivity contribution >= 4 is 5.97 Å². The van der Waals surface area contributed by atoms with Gasteiger partial charge in [0, 0.05) is 30.7 Å². The number of benzene rings is 1. The first-order valence-electron chi connectivity index (χ1n) is 15.0. The van der Waals surface area contributed by atoms with E-state index in [2.05, 4.69) is 23.6 Å². The molecule has 0 spiro atoms. The first-order valence-corrected chi connectivity index (χ1v) is 15.0. The summed E-state index contributed by atoms with van der Waals surface area (Å²) in [6.45, 7) is 4.33. The minimum atomic E-state index is -0.823. The molecule has 0 aliphatic carbocycles. The van der Waals surface area contributed by atoms with E-state index in [4.69, 9.17) is 0 Å². The van der Waals surface area contributed by atoms with Crippen LogP contribution in [0.4, 0.5) is 0 Å². The summed E-state index contributed by atoms with van der Waals surface area (Å²) in [5, 5.41) is 9.69. The number of pyridine rings is 1. The summed E-state index contributed by atoms with van der Waals surface area (Å²) < 4.78 is 2.11. The SMILES string of the molecule is CCCCCCCCCCCCCCCCCCCCc1c(C(=O)O)cc[n+](-c2ccccc2)c1C. The van der Waals surface area contributed by atoms with Crippen LogP contribution in [0.15, 0.2) is 42.6 Å². The third-order valence-electron chi connectivity index (χ3n) is 7.56. The third kappa shape index (κ3) is 11.7. The molecular weight excluding hydrogens is 442 g/mol. The molecule has 2 rings (SSSR count). The van der Waals surface area contributed by atoms with Crippen molar-refractivity contribution in [2.24, 2.45) is 0 Å². The molecule has 0 saturated heterocycles. The molecule has 1 aromatic carbocycles. The van der Waals surface area contributed by atoms with E-state index in [-0.39, 0.29) is 0 Å². The maximum absolute atomic E-state index is 11.8. The smallest absolute Gasteiger partial charge is 0.336 e. The van der Waals surface area contributed by atoms with Crippen molar-refractivity contribution in [2.45, 2.75) is 136 Å². The van der Waals surface area contributed by atoms with Crippen LogP contribution in [0.1, 0.15) is 144 Å². The first-order chi connectivity index (χ1) is 17.6. The van der Waals surface area contributed by atoms with Gasteiger partial charge in [-0.1, -0.05) is 134 Å². The molecule has 0 unspecified atom stereocenters. The highest BCUT2D eigenvalue weighted by Gasteiger charge is 2.21. The standard InChI is InChI=1S/C33H51NO2/c1-3-4-5-6-7-8-9-10-11-12-13-14-15-16-17-18-19-23-26-31-29(2)34(28-27-32(31)33(35)36)30-24-21-20-22-25-30/h20-22,24-25,27-28H,3-19,23,26H2,1-2H3/p+1. The highest BCUT2D eigenvalue weighted by atomic mass is 16.4. The van der Waals surface area contributed by atoms with E-state index < -0.39 is 5.97 Å². The van der Waals surface area contributed by atoms with Crippen molar-refractivity contribution in [3.8, 4) is 5.69 Å². The van der Waals surface area contributed by atoms with Crippen LogP contribution in [-0.4, -0.2) is 11.1 Å². The normalized spacial score (nSPS) is 11.2. The van der Waals surface area contributed by atoms with Gasteiger partial charge in [0.05, 0.1) is 5.56 Å². The van der Waals surface area contributed by atoms with Crippen LogP contribution >= 0.6 is 0 Å². The molecule has 0 bridgehead atoms. The molecule has 3 heteroatoms. The number of hydrogen-bond acceptors (Lipinski definition) is 1. The van der Waals surface area contributed by atoms with Gasteiger partial charge < -0.3 is 5.11 Å². The summed E-state index contributed by atoms with van der Waals surface area (Å²) in [5.74, 6) is -0.823. The van der Waals surface area contributed by atoms with E-state index in [9.17, 15) is 9.90 Å². The largest absolute Gasteiger partial charge is 0.478 e. The van der Waals surface area contributed by atoms with Crippen LogP contribution in [0.5, 0.6) is 0 Å². The predicted octanol–water partition coefficient (Wildman–Crippen LogP) is 9.55. The van der Waals surface area contributed by atoms with E-state index >= 15 is 0 Å². The molecule has 2 aromatic rings. The lowest BCUT2D eigenvalue weighted by Crippen LogP contribution is -2.36. The molecule has 0 radical (unpaired) electrons. The molecule has 0 fully saturated rings. The van der Waals surface area contributed by atoms with Crippen molar-refractivity contribution in [2.75, 3.05) is 0 Å². The van der Waals surface area contributed by atoms with Crippen LogP contribution in [-0.2, 0) is 6.42 Å². The molecule has 0 amide bonds. The Kier molecular flexibility index (Phi) is 15.9. The fourth-order valence-electron chi connectivity index (χ4n) is 5.29. The Bertz CT molecular complexity index is 846. The van der Waals surface area contributed by atoms with Crippen molar-refractivity contribution in [3.05, 3.63) is 59.4 Å². The predicted molar refractivity (Wildman–Crippen MR) is 152 cm³/mol. The van der Waals surface area contributed by atoms with Crippen LogP contribution in [0.25, 0.3) is 5.69 Å². The van der Waals surface area contributed by atoms with Gasteiger partial charge in [-0.3, -0.25) is 0 Å². The van der Waals surface area contributed by atoms with E-state index in [1.807, 2.05) is 31.3 Å². The lowest BCUT2D eigenvalue weighted by molar-refractivity contribution is -0.603. The Morgan fingerprint density at radius 1 is 0.667 bits per heavy atom. The number of carboxylic acids is 1. The number of hydrogen-bond donors (Lipinski definition) is 1. The van der Waals surface area contributed by atoms with Crippen molar-refractivity contribution < 1.29 is 14.5 Å². The maximum Gasteiger partial charge on any atom is 0.336 e. The number of carboxylic acid groups (broad SMARTS) is 1. The number of para-hydroxylation sites is 1. The zero-order valence-electron chi connectivity index (χ0n) is 23.3. The molecule has 0 atom stereocenters.